The minimum Gasteiger partial charge on any atom is -0.366 e. The van der Waals surface area contributed by atoms with Gasteiger partial charge in [0, 0.05) is 56.4 Å². The number of aryl methyl sites for hydroxylation is 1. The van der Waals surface area contributed by atoms with Crippen molar-refractivity contribution in [2.75, 3.05) is 31.5 Å². The lowest BCUT2D eigenvalue weighted by Crippen LogP contribution is -2.49. The second-order valence-electron chi connectivity index (χ2n) is 6.44. The first-order valence-corrected chi connectivity index (χ1v) is 8.60. The van der Waals surface area contributed by atoms with E-state index in [-0.39, 0.29) is 6.03 Å². The molecule has 0 unspecified atom stereocenters. The summed E-state index contributed by atoms with van der Waals surface area (Å²) in [7, 11) is 0. The highest BCUT2D eigenvalue weighted by molar-refractivity contribution is 5.96. The molecular formula is C19H23N5O2. The molecule has 0 spiro atoms. The fraction of sp³-hybridized carbons (Fsp3) is 0.316. The Morgan fingerprint density at radius 2 is 1.81 bits per heavy atom. The van der Waals surface area contributed by atoms with Crippen LogP contribution in [0.5, 0.6) is 0 Å². The van der Waals surface area contributed by atoms with Crippen molar-refractivity contribution in [3.05, 3.63) is 59.4 Å². The van der Waals surface area contributed by atoms with Gasteiger partial charge in [0.05, 0.1) is 0 Å². The van der Waals surface area contributed by atoms with Gasteiger partial charge in [-0.25, -0.2) is 4.79 Å². The van der Waals surface area contributed by atoms with Crippen LogP contribution in [-0.4, -0.2) is 52.9 Å². The molecule has 2 heterocycles. The summed E-state index contributed by atoms with van der Waals surface area (Å²) in [5, 5.41) is 2.89. The Bertz CT molecular complexity index is 786. The van der Waals surface area contributed by atoms with Gasteiger partial charge in [0.15, 0.2) is 0 Å². The molecule has 3 amide bonds. The minimum atomic E-state index is -0.467. The number of rotatable bonds is 4. The Kier molecular flexibility index (Phi) is 5.48. The van der Waals surface area contributed by atoms with E-state index in [1.165, 1.54) is 5.56 Å². The van der Waals surface area contributed by atoms with Crippen molar-refractivity contribution in [3.8, 4) is 0 Å². The number of nitrogens with one attached hydrogen (secondary N) is 1. The second kappa shape index (κ2) is 7.97. The molecule has 0 aliphatic carbocycles. The zero-order valence-corrected chi connectivity index (χ0v) is 14.8. The number of nitrogens with zero attached hydrogens (tertiary/aromatic N) is 3. The average Bonchev–Trinajstić information content (AvgIpc) is 2.63. The van der Waals surface area contributed by atoms with Crippen LogP contribution in [0.2, 0.25) is 0 Å². The molecule has 3 N–H and O–H groups in total. The van der Waals surface area contributed by atoms with Gasteiger partial charge in [0.2, 0.25) is 5.91 Å². The van der Waals surface area contributed by atoms with E-state index >= 15 is 0 Å². The highest BCUT2D eigenvalue weighted by Gasteiger charge is 2.21. The lowest BCUT2D eigenvalue weighted by molar-refractivity contribution is 0.0999. The fourth-order valence-corrected chi connectivity index (χ4v) is 3.08. The Morgan fingerprint density at radius 1 is 1.12 bits per heavy atom. The molecule has 1 fully saturated rings. The fourth-order valence-electron chi connectivity index (χ4n) is 3.08. The van der Waals surface area contributed by atoms with Gasteiger partial charge in [-0.2, -0.15) is 0 Å². The quantitative estimate of drug-likeness (QED) is 0.877. The number of pyridine rings is 1. The molecule has 1 saturated heterocycles. The number of benzene rings is 1. The molecule has 0 saturated carbocycles. The standard InChI is InChI=1S/C19H23N5O2/c1-14-12-16(2-3-17(14)18(20)25)22-19(26)24-10-8-23(9-11-24)13-15-4-6-21-7-5-15/h2-7,12H,8-11,13H2,1H3,(H2,20,25)(H,22,26). The Labute approximate surface area is 152 Å². The molecule has 3 rings (SSSR count). The van der Waals surface area contributed by atoms with E-state index in [0.29, 0.717) is 24.3 Å². The van der Waals surface area contributed by atoms with Gasteiger partial charge in [-0.3, -0.25) is 14.7 Å². The van der Waals surface area contributed by atoms with Gasteiger partial charge in [-0.1, -0.05) is 0 Å². The third-order valence-electron chi connectivity index (χ3n) is 4.56. The van der Waals surface area contributed by atoms with E-state index in [1.54, 1.807) is 42.4 Å². The van der Waals surface area contributed by atoms with Gasteiger partial charge in [-0.15, -0.1) is 0 Å². The maximum Gasteiger partial charge on any atom is 0.321 e. The summed E-state index contributed by atoms with van der Waals surface area (Å²) in [4.78, 5) is 31.9. The maximum absolute atomic E-state index is 12.5. The summed E-state index contributed by atoms with van der Waals surface area (Å²) >= 11 is 0. The van der Waals surface area contributed by atoms with E-state index < -0.39 is 5.91 Å². The number of nitrogens with two attached hydrogens (primary N) is 1. The van der Waals surface area contributed by atoms with E-state index in [2.05, 4.69) is 15.2 Å². The van der Waals surface area contributed by atoms with E-state index in [0.717, 1.165) is 25.2 Å². The molecule has 1 aliphatic heterocycles. The smallest absolute Gasteiger partial charge is 0.321 e. The average molecular weight is 353 g/mol. The van der Waals surface area contributed by atoms with Crippen molar-refractivity contribution in [1.82, 2.24) is 14.8 Å². The number of carbonyl (C=O) groups is 2. The van der Waals surface area contributed by atoms with Crippen LogP contribution in [0.3, 0.4) is 0 Å². The van der Waals surface area contributed by atoms with Crippen LogP contribution in [0.25, 0.3) is 0 Å². The zero-order chi connectivity index (χ0) is 18.5. The van der Waals surface area contributed by atoms with Crippen molar-refractivity contribution in [3.63, 3.8) is 0 Å². The van der Waals surface area contributed by atoms with E-state index in [1.807, 2.05) is 12.1 Å². The van der Waals surface area contributed by atoms with E-state index in [9.17, 15) is 9.59 Å². The van der Waals surface area contributed by atoms with Crippen molar-refractivity contribution < 1.29 is 9.59 Å². The molecule has 0 bridgehead atoms. The number of hydrogen-bond donors (Lipinski definition) is 2. The van der Waals surface area contributed by atoms with Crippen molar-refractivity contribution >= 4 is 17.6 Å². The van der Waals surface area contributed by atoms with Crippen LogP contribution in [0.15, 0.2) is 42.7 Å². The summed E-state index contributed by atoms with van der Waals surface area (Å²) < 4.78 is 0. The number of carbonyl (C=O) groups excluding carboxylic acids is 2. The van der Waals surface area contributed by atoms with Crippen molar-refractivity contribution in [2.45, 2.75) is 13.5 Å². The summed E-state index contributed by atoms with van der Waals surface area (Å²) in [6.45, 7) is 5.68. The number of piperazine rings is 1. The van der Waals surface area contributed by atoms with Gasteiger partial charge < -0.3 is 16.0 Å². The molecule has 136 valence electrons. The first-order valence-electron chi connectivity index (χ1n) is 8.60. The molecular weight excluding hydrogens is 330 g/mol. The molecule has 2 aromatic rings. The van der Waals surface area contributed by atoms with Crippen LogP contribution < -0.4 is 11.1 Å². The molecule has 1 aliphatic rings. The number of aromatic nitrogens is 1. The summed E-state index contributed by atoms with van der Waals surface area (Å²) in [6.07, 6.45) is 3.59. The maximum atomic E-state index is 12.5. The van der Waals surface area contributed by atoms with Crippen LogP contribution in [0.4, 0.5) is 10.5 Å². The number of anilines is 1. The normalized spacial score (nSPS) is 14.9. The summed E-state index contributed by atoms with van der Waals surface area (Å²) in [5.41, 5.74) is 8.41. The summed E-state index contributed by atoms with van der Waals surface area (Å²) in [5.74, 6) is -0.467. The number of primary amides is 1. The second-order valence-corrected chi connectivity index (χ2v) is 6.44. The van der Waals surface area contributed by atoms with Crippen LogP contribution >= 0.6 is 0 Å². The van der Waals surface area contributed by atoms with Gasteiger partial charge in [-0.05, 0) is 48.4 Å². The van der Waals surface area contributed by atoms with Gasteiger partial charge in [0.1, 0.15) is 0 Å². The number of hydrogen-bond acceptors (Lipinski definition) is 4. The van der Waals surface area contributed by atoms with Crippen LogP contribution in [0, 0.1) is 6.92 Å². The first-order chi connectivity index (χ1) is 12.5. The minimum absolute atomic E-state index is 0.125. The van der Waals surface area contributed by atoms with Gasteiger partial charge in [0.25, 0.3) is 0 Å². The Hall–Kier alpha value is -2.93. The van der Waals surface area contributed by atoms with Gasteiger partial charge >= 0.3 is 6.03 Å². The third-order valence-corrected chi connectivity index (χ3v) is 4.56. The highest BCUT2D eigenvalue weighted by Crippen LogP contribution is 2.16. The Balaban J connectivity index is 1.52. The predicted molar refractivity (Wildman–Crippen MR) is 99.8 cm³/mol. The zero-order valence-electron chi connectivity index (χ0n) is 14.8. The van der Waals surface area contributed by atoms with Crippen LogP contribution in [0.1, 0.15) is 21.5 Å². The third kappa shape index (κ3) is 4.37. The first kappa shape index (κ1) is 17.9. The molecule has 1 aromatic carbocycles. The molecule has 26 heavy (non-hydrogen) atoms. The molecule has 0 atom stereocenters. The molecule has 7 nitrogen and oxygen atoms in total. The van der Waals surface area contributed by atoms with Crippen molar-refractivity contribution in [1.29, 1.82) is 0 Å². The molecule has 1 aromatic heterocycles. The summed E-state index contributed by atoms with van der Waals surface area (Å²) in [6, 6.07) is 9.00. The molecule has 7 heteroatoms. The Morgan fingerprint density at radius 3 is 2.42 bits per heavy atom. The van der Waals surface area contributed by atoms with E-state index in [4.69, 9.17) is 5.73 Å². The monoisotopic (exact) mass is 353 g/mol. The topological polar surface area (TPSA) is 91.6 Å². The highest BCUT2D eigenvalue weighted by atomic mass is 16.2. The number of amides is 3. The predicted octanol–water partition coefficient (Wildman–Crippen LogP) is 1.84. The lowest BCUT2D eigenvalue weighted by atomic mass is 10.1. The van der Waals surface area contributed by atoms with Crippen molar-refractivity contribution in [2.24, 2.45) is 5.73 Å². The number of urea groups is 1. The lowest BCUT2D eigenvalue weighted by Gasteiger charge is -2.34. The molecule has 0 radical (unpaired) electrons. The SMILES string of the molecule is Cc1cc(NC(=O)N2CCN(Cc3ccncc3)CC2)ccc1C(N)=O. The van der Waals surface area contributed by atoms with Crippen LogP contribution in [-0.2, 0) is 6.54 Å². The largest absolute Gasteiger partial charge is 0.366 e.